The summed E-state index contributed by atoms with van der Waals surface area (Å²) in [6.07, 6.45) is 1.75. The minimum absolute atomic E-state index is 0.0201. The van der Waals surface area contributed by atoms with Crippen LogP contribution in [0.25, 0.3) is 0 Å². The first-order chi connectivity index (χ1) is 16.9. The lowest BCUT2D eigenvalue weighted by molar-refractivity contribution is -0.113. The minimum Gasteiger partial charge on any atom is -0.465 e. The Labute approximate surface area is 215 Å². The maximum Gasteiger partial charge on any atom is 0.348 e. The molecule has 0 aliphatic heterocycles. The predicted molar refractivity (Wildman–Crippen MR) is 137 cm³/mol. The number of thioether (sulfide) groups is 2. The van der Waals surface area contributed by atoms with E-state index in [0.29, 0.717) is 23.0 Å². The van der Waals surface area contributed by atoms with Crippen LogP contribution in [0.15, 0.2) is 53.0 Å². The van der Waals surface area contributed by atoms with Gasteiger partial charge in [-0.05, 0) is 24.6 Å². The lowest BCUT2D eigenvalue weighted by Crippen LogP contribution is -2.16. The highest BCUT2D eigenvalue weighted by molar-refractivity contribution is 7.99. The second-order valence-corrected chi connectivity index (χ2v) is 9.99. The molecule has 2 heterocycles. The number of amides is 1. The SMILES string of the molecule is C=CCn1c(CSc2ccccc2)nnc1SCC(=O)Nc1sc(C(=O)OC)c(C)c1C(=O)OC. The van der Waals surface area contributed by atoms with Crippen LogP contribution in [0.3, 0.4) is 0 Å². The molecule has 0 unspecified atom stereocenters. The van der Waals surface area contributed by atoms with Gasteiger partial charge in [0.05, 0.1) is 31.3 Å². The molecule has 0 spiro atoms. The van der Waals surface area contributed by atoms with Gasteiger partial charge < -0.3 is 19.4 Å². The quantitative estimate of drug-likeness (QED) is 0.218. The van der Waals surface area contributed by atoms with E-state index in [4.69, 9.17) is 9.47 Å². The summed E-state index contributed by atoms with van der Waals surface area (Å²) in [7, 11) is 2.49. The number of carbonyl (C=O) groups is 3. The van der Waals surface area contributed by atoms with Gasteiger partial charge in [0.2, 0.25) is 5.91 Å². The van der Waals surface area contributed by atoms with Crippen LogP contribution in [0.2, 0.25) is 0 Å². The summed E-state index contributed by atoms with van der Waals surface area (Å²) in [4.78, 5) is 38.4. The lowest BCUT2D eigenvalue weighted by atomic mass is 10.1. The zero-order valence-corrected chi connectivity index (χ0v) is 21.8. The number of carbonyl (C=O) groups excluding carboxylic acids is 3. The standard InChI is InChI=1S/C23H24N4O5S3/c1-5-11-27-16(12-33-15-9-7-6-8-10-15)25-26-23(27)34-13-17(28)24-20-18(21(29)31-3)14(2)19(35-20)22(30)32-4/h5-10H,1,11-13H2,2-4H3,(H,24,28). The number of aromatic nitrogens is 3. The molecule has 0 atom stereocenters. The summed E-state index contributed by atoms with van der Waals surface area (Å²) in [6.45, 7) is 5.91. The van der Waals surface area contributed by atoms with Crippen molar-refractivity contribution in [3.8, 4) is 0 Å². The number of hydrogen-bond acceptors (Lipinski definition) is 10. The van der Waals surface area contributed by atoms with Crippen molar-refractivity contribution in [2.75, 3.05) is 25.3 Å². The Kier molecular flexibility index (Phi) is 9.52. The first-order valence-corrected chi connectivity index (χ1v) is 13.1. The molecule has 3 aromatic rings. The van der Waals surface area contributed by atoms with E-state index in [0.717, 1.165) is 22.1 Å². The highest BCUT2D eigenvalue weighted by atomic mass is 32.2. The third kappa shape index (κ3) is 6.53. The third-order valence-electron chi connectivity index (χ3n) is 4.71. The smallest absolute Gasteiger partial charge is 0.348 e. The molecule has 184 valence electrons. The van der Waals surface area contributed by atoms with Gasteiger partial charge in [-0.15, -0.1) is 39.9 Å². The van der Waals surface area contributed by atoms with Crippen LogP contribution in [0, 0.1) is 6.92 Å². The van der Waals surface area contributed by atoms with Gasteiger partial charge in [0.25, 0.3) is 0 Å². The third-order valence-corrected chi connectivity index (χ3v) is 7.87. The molecule has 9 nitrogen and oxygen atoms in total. The van der Waals surface area contributed by atoms with E-state index in [1.165, 1.54) is 26.0 Å². The van der Waals surface area contributed by atoms with Gasteiger partial charge >= 0.3 is 11.9 Å². The molecular formula is C23H24N4O5S3. The fourth-order valence-corrected chi connectivity index (χ4v) is 5.79. The monoisotopic (exact) mass is 532 g/mol. The van der Waals surface area contributed by atoms with E-state index in [9.17, 15) is 14.4 Å². The van der Waals surface area contributed by atoms with Crippen molar-refractivity contribution in [2.24, 2.45) is 0 Å². The molecule has 0 fully saturated rings. The number of nitrogens with zero attached hydrogens (tertiary/aromatic N) is 3. The first-order valence-electron chi connectivity index (χ1n) is 10.3. The second kappa shape index (κ2) is 12.6. The zero-order chi connectivity index (χ0) is 25.4. The molecule has 0 bridgehead atoms. The number of benzene rings is 1. The normalized spacial score (nSPS) is 10.6. The van der Waals surface area contributed by atoms with Crippen LogP contribution in [0.5, 0.6) is 0 Å². The van der Waals surface area contributed by atoms with Gasteiger partial charge in [0, 0.05) is 11.4 Å². The molecule has 35 heavy (non-hydrogen) atoms. The van der Waals surface area contributed by atoms with Crippen molar-refractivity contribution in [2.45, 2.75) is 29.3 Å². The van der Waals surface area contributed by atoms with E-state index in [2.05, 4.69) is 22.1 Å². The average molecular weight is 533 g/mol. The first kappa shape index (κ1) is 26.5. The number of allylic oxidation sites excluding steroid dienone is 1. The molecule has 0 saturated heterocycles. The number of thiophene rings is 1. The summed E-state index contributed by atoms with van der Waals surface area (Å²) in [5.41, 5.74) is 0.522. The van der Waals surface area contributed by atoms with Crippen LogP contribution in [-0.2, 0) is 26.6 Å². The molecule has 1 amide bonds. The van der Waals surface area contributed by atoms with Crippen LogP contribution >= 0.6 is 34.9 Å². The maximum atomic E-state index is 12.7. The van der Waals surface area contributed by atoms with E-state index in [1.807, 2.05) is 34.9 Å². The largest absolute Gasteiger partial charge is 0.465 e. The Hall–Kier alpha value is -3.09. The number of anilines is 1. The summed E-state index contributed by atoms with van der Waals surface area (Å²) >= 11 is 3.82. The van der Waals surface area contributed by atoms with Gasteiger partial charge in [-0.25, -0.2) is 9.59 Å². The van der Waals surface area contributed by atoms with Crippen molar-refractivity contribution in [1.82, 2.24) is 14.8 Å². The van der Waals surface area contributed by atoms with E-state index < -0.39 is 11.9 Å². The van der Waals surface area contributed by atoms with Gasteiger partial charge in [0.1, 0.15) is 15.7 Å². The molecule has 0 saturated carbocycles. The second-order valence-electron chi connectivity index (χ2n) is 6.98. The lowest BCUT2D eigenvalue weighted by Gasteiger charge is -2.08. The fourth-order valence-electron chi connectivity index (χ4n) is 3.04. The Morgan fingerprint density at radius 3 is 2.49 bits per heavy atom. The van der Waals surface area contributed by atoms with Crippen molar-refractivity contribution >= 4 is 57.7 Å². The molecule has 0 aliphatic rings. The van der Waals surface area contributed by atoms with Gasteiger partial charge in [0.15, 0.2) is 5.16 Å². The Balaban J connectivity index is 1.71. The number of nitrogens with one attached hydrogen (secondary N) is 1. The van der Waals surface area contributed by atoms with Crippen LogP contribution < -0.4 is 5.32 Å². The molecule has 1 N–H and O–H groups in total. The van der Waals surface area contributed by atoms with E-state index in [-0.39, 0.29) is 27.1 Å². The maximum absolute atomic E-state index is 12.7. The molecule has 0 radical (unpaired) electrons. The minimum atomic E-state index is -0.650. The van der Waals surface area contributed by atoms with E-state index in [1.54, 1.807) is 24.8 Å². The van der Waals surface area contributed by atoms with Gasteiger partial charge in [-0.3, -0.25) is 4.79 Å². The van der Waals surface area contributed by atoms with E-state index >= 15 is 0 Å². The Morgan fingerprint density at radius 1 is 1.11 bits per heavy atom. The number of hydrogen-bond donors (Lipinski definition) is 1. The van der Waals surface area contributed by atoms with Crippen molar-refractivity contribution in [3.05, 3.63) is 64.8 Å². The van der Waals surface area contributed by atoms with Crippen LogP contribution in [0.4, 0.5) is 5.00 Å². The highest BCUT2D eigenvalue weighted by Gasteiger charge is 2.27. The molecular weight excluding hydrogens is 508 g/mol. The molecule has 12 heteroatoms. The van der Waals surface area contributed by atoms with Crippen LogP contribution in [0.1, 0.15) is 31.4 Å². The molecule has 2 aromatic heterocycles. The summed E-state index contributed by atoms with van der Waals surface area (Å²) in [6, 6.07) is 9.97. The van der Waals surface area contributed by atoms with Crippen LogP contribution in [-0.4, -0.2) is 52.6 Å². The molecule has 1 aromatic carbocycles. The van der Waals surface area contributed by atoms with Gasteiger partial charge in [-0.2, -0.15) is 0 Å². The average Bonchev–Trinajstić information content (AvgIpc) is 3.41. The number of methoxy groups -OCH3 is 2. The zero-order valence-electron chi connectivity index (χ0n) is 19.4. The molecule has 0 aliphatic carbocycles. The molecule has 3 rings (SSSR count). The number of esters is 2. The predicted octanol–water partition coefficient (Wildman–Crippen LogP) is 4.43. The highest BCUT2D eigenvalue weighted by Crippen LogP contribution is 2.34. The Bertz CT molecular complexity index is 1220. The topological polar surface area (TPSA) is 112 Å². The van der Waals surface area contributed by atoms with Crippen molar-refractivity contribution in [1.29, 1.82) is 0 Å². The van der Waals surface area contributed by atoms with Crippen molar-refractivity contribution in [3.63, 3.8) is 0 Å². The number of rotatable bonds is 11. The summed E-state index contributed by atoms with van der Waals surface area (Å²) in [5.74, 6) is -0.205. The van der Waals surface area contributed by atoms with Crippen molar-refractivity contribution < 1.29 is 23.9 Å². The number of ether oxygens (including phenoxy) is 2. The Morgan fingerprint density at radius 2 is 1.83 bits per heavy atom. The fraction of sp³-hybridized carbons (Fsp3) is 0.261. The summed E-state index contributed by atoms with van der Waals surface area (Å²) in [5, 5.41) is 12.0. The summed E-state index contributed by atoms with van der Waals surface area (Å²) < 4.78 is 11.5. The van der Waals surface area contributed by atoms with Gasteiger partial charge in [-0.1, -0.05) is 36.0 Å².